The van der Waals surface area contributed by atoms with Crippen molar-refractivity contribution in [3.8, 4) is 5.69 Å². The van der Waals surface area contributed by atoms with Crippen LogP contribution in [0.3, 0.4) is 0 Å². The minimum atomic E-state index is 0. The van der Waals surface area contributed by atoms with Crippen molar-refractivity contribution in [1.82, 2.24) is 25.7 Å². The van der Waals surface area contributed by atoms with Crippen LogP contribution in [0.2, 0.25) is 0 Å². The molecule has 1 heterocycles. The maximum absolute atomic E-state index is 11.8. The van der Waals surface area contributed by atoms with Gasteiger partial charge in [-0.25, -0.2) is 9.67 Å². The van der Waals surface area contributed by atoms with Crippen molar-refractivity contribution in [1.29, 1.82) is 0 Å². The van der Waals surface area contributed by atoms with Gasteiger partial charge >= 0.3 is 0 Å². The molecule has 0 bridgehead atoms. The fraction of sp³-hybridized carbons (Fsp3) is 0.500. The number of amides is 1. The highest BCUT2D eigenvalue weighted by atomic mass is 127. The summed E-state index contributed by atoms with van der Waals surface area (Å²) in [5.41, 5.74) is 4.27. The van der Waals surface area contributed by atoms with E-state index in [-0.39, 0.29) is 29.9 Å². The molecule has 164 valence electrons. The molecule has 0 spiro atoms. The van der Waals surface area contributed by atoms with Crippen molar-refractivity contribution < 1.29 is 4.79 Å². The zero-order valence-corrected chi connectivity index (χ0v) is 20.4. The average Bonchev–Trinajstić information content (AvgIpc) is 3.45. The van der Waals surface area contributed by atoms with Gasteiger partial charge in [0.05, 0.1) is 17.9 Å². The van der Waals surface area contributed by atoms with E-state index >= 15 is 0 Å². The summed E-state index contributed by atoms with van der Waals surface area (Å²) in [6, 6.07) is 10.7. The Morgan fingerprint density at radius 1 is 1.23 bits per heavy atom. The molecule has 3 rings (SSSR count). The zero-order valence-electron chi connectivity index (χ0n) is 18.1. The Labute approximate surface area is 196 Å². The molecule has 0 saturated heterocycles. The van der Waals surface area contributed by atoms with E-state index < -0.39 is 0 Å². The van der Waals surface area contributed by atoms with Gasteiger partial charge in [-0.05, 0) is 57.7 Å². The first-order valence-corrected chi connectivity index (χ1v) is 10.5. The number of rotatable bonds is 9. The first kappa shape index (κ1) is 24.2. The van der Waals surface area contributed by atoms with E-state index in [0.29, 0.717) is 25.6 Å². The zero-order chi connectivity index (χ0) is 20.6. The Kier molecular flexibility index (Phi) is 9.61. The lowest BCUT2D eigenvalue weighted by atomic mass is 10.2. The highest BCUT2D eigenvalue weighted by molar-refractivity contribution is 14.0. The summed E-state index contributed by atoms with van der Waals surface area (Å²) >= 11 is 0. The molecule has 1 aliphatic carbocycles. The predicted octanol–water partition coefficient (Wildman–Crippen LogP) is 3.22. The van der Waals surface area contributed by atoms with Crippen LogP contribution in [0.5, 0.6) is 0 Å². The average molecular weight is 524 g/mol. The Morgan fingerprint density at radius 2 is 2.00 bits per heavy atom. The summed E-state index contributed by atoms with van der Waals surface area (Å²) in [5.74, 6) is 0.910. The molecule has 1 fully saturated rings. The van der Waals surface area contributed by atoms with Crippen LogP contribution in [0.15, 0.2) is 35.3 Å². The summed E-state index contributed by atoms with van der Waals surface area (Å²) in [7, 11) is 0. The third-order valence-corrected chi connectivity index (χ3v) is 4.80. The number of hydrogen-bond donors (Lipinski definition) is 3. The summed E-state index contributed by atoms with van der Waals surface area (Å²) < 4.78 is 1.97. The summed E-state index contributed by atoms with van der Waals surface area (Å²) in [4.78, 5) is 16.5. The molecule has 0 unspecified atom stereocenters. The molecule has 8 heteroatoms. The van der Waals surface area contributed by atoms with Gasteiger partial charge < -0.3 is 16.0 Å². The fourth-order valence-electron chi connectivity index (χ4n) is 3.21. The number of carbonyl (C=O) groups excluding carboxylic acids is 1. The summed E-state index contributed by atoms with van der Waals surface area (Å²) in [5, 5.41) is 14.2. The van der Waals surface area contributed by atoms with E-state index in [2.05, 4.69) is 46.2 Å². The van der Waals surface area contributed by atoms with E-state index in [1.165, 1.54) is 0 Å². The number of benzene rings is 1. The third kappa shape index (κ3) is 7.30. The Hall–Kier alpha value is -2.10. The molecule has 7 nitrogen and oxygen atoms in total. The molecule has 1 saturated carbocycles. The number of aromatic nitrogens is 2. The largest absolute Gasteiger partial charge is 0.357 e. The Bertz CT molecular complexity index is 859. The molecule has 1 amide bonds. The van der Waals surface area contributed by atoms with Gasteiger partial charge in [0.15, 0.2) is 5.96 Å². The molecule has 1 aromatic heterocycles. The lowest BCUT2D eigenvalue weighted by Gasteiger charge is -2.13. The maximum atomic E-state index is 11.8. The molecule has 1 aliphatic rings. The lowest BCUT2D eigenvalue weighted by molar-refractivity contribution is -0.121. The maximum Gasteiger partial charge on any atom is 0.220 e. The highest BCUT2D eigenvalue weighted by Crippen LogP contribution is 2.19. The van der Waals surface area contributed by atoms with Gasteiger partial charge in [-0.3, -0.25) is 4.79 Å². The molecular weight excluding hydrogens is 491 g/mol. The van der Waals surface area contributed by atoms with E-state index in [1.54, 1.807) is 0 Å². The topological polar surface area (TPSA) is 83.3 Å². The molecule has 0 atom stereocenters. The third-order valence-electron chi connectivity index (χ3n) is 4.80. The van der Waals surface area contributed by atoms with Gasteiger partial charge in [0, 0.05) is 31.2 Å². The number of aliphatic imine (C=N–C) groups is 1. The van der Waals surface area contributed by atoms with E-state index in [0.717, 1.165) is 54.4 Å². The molecule has 0 aliphatic heterocycles. The van der Waals surface area contributed by atoms with Gasteiger partial charge in [-0.1, -0.05) is 18.2 Å². The number of hydrogen-bond acceptors (Lipinski definition) is 3. The van der Waals surface area contributed by atoms with Crippen LogP contribution in [0.25, 0.3) is 5.69 Å². The van der Waals surface area contributed by atoms with Crippen LogP contribution in [0, 0.1) is 13.8 Å². The highest BCUT2D eigenvalue weighted by Gasteiger charge is 2.22. The number of carbonyl (C=O) groups is 1. The number of para-hydroxylation sites is 1. The molecule has 30 heavy (non-hydrogen) atoms. The predicted molar refractivity (Wildman–Crippen MR) is 132 cm³/mol. The van der Waals surface area contributed by atoms with Gasteiger partial charge in [0.1, 0.15) is 0 Å². The number of aryl methyl sites for hydroxylation is 2. The van der Waals surface area contributed by atoms with Crippen LogP contribution in [-0.4, -0.2) is 40.8 Å². The van der Waals surface area contributed by atoms with E-state index in [4.69, 9.17) is 4.99 Å². The van der Waals surface area contributed by atoms with Crippen molar-refractivity contribution in [2.24, 2.45) is 4.99 Å². The van der Waals surface area contributed by atoms with Gasteiger partial charge in [0.25, 0.3) is 0 Å². The van der Waals surface area contributed by atoms with Gasteiger partial charge in [-0.15, -0.1) is 24.0 Å². The fourth-order valence-corrected chi connectivity index (χ4v) is 3.21. The molecule has 3 N–H and O–H groups in total. The number of halogens is 1. The van der Waals surface area contributed by atoms with Crippen molar-refractivity contribution >= 4 is 35.8 Å². The van der Waals surface area contributed by atoms with Crippen molar-refractivity contribution in [3.05, 3.63) is 47.3 Å². The Morgan fingerprint density at radius 3 is 2.67 bits per heavy atom. The molecule has 2 aromatic rings. The number of nitrogens with zero attached hydrogens (tertiary/aromatic N) is 3. The molecular formula is C22H33IN6O. The quantitative estimate of drug-likeness (QED) is 0.204. The molecule has 0 radical (unpaired) electrons. The summed E-state index contributed by atoms with van der Waals surface area (Å²) in [6.07, 6.45) is 3.58. The molecule has 1 aromatic carbocycles. The Balaban J connectivity index is 0.00000320. The van der Waals surface area contributed by atoms with Crippen LogP contribution in [-0.2, 0) is 11.3 Å². The smallest absolute Gasteiger partial charge is 0.220 e. The van der Waals surface area contributed by atoms with Crippen molar-refractivity contribution in [3.63, 3.8) is 0 Å². The lowest BCUT2D eigenvalue weighted by Crippen LogP contribution is -2.38. The van der Waals surface area contributed by atoms with Crippen LogP contribution >= 0.6 is 24.0 Å². The minimum absolute atomic E-state index is 0. The monoisotopic (exact) mass is 524 g/mol. The second kappa shape index (κ2) is 11.9. The number of nitrogens with one attached hydrogen (secondary N) is 3. The van der Waals surface area contributed by atoms with Crippen molar-refractivity contribution in [2.75, 3.05) is 13.1 Å². The second-order valence-electron chi connectivity index (χ2n) is 7.53. The standard InChI is InChI=1S/C22H32N6O.HI/c1-4-23-22(24-13-7-10-21(29)26-19-11-12-19)25-15-18-8-5-6-9-20(18)28-17(3)14-16(2)27-28;/h5-6,8-9,14,19H,4,7,10-13,15H2,1-3H3,(H,26,29)(H2,23,24,25);1H. The van der Waals surface area contributed by atoms with Gasteiger partial charge in [-0.2, -0.15) is 5.10 Å². The van der Waals surface area contributed by atoms with Crippen LogP contribution in [0.4, 0.5) is 0 Å². The van der Waals surface area contributed by atoms with E-state index in [9.17, 15) is 4.79 Å². The minimum Gasteiger partial charge on any atom is -0.357 e. The second-order valence-corrected chi connectivity index (χ2v) is 7.53. The van der Waals surface area contributed by atoms with Crippen molar-refractivity contribution in [2.45, 2.75) is 59.0 Å². The van der Waals surface area contributed by atoms with Crippen LogP contribution in [0.1, 0.15) is 49.6 Å². The SMILES string of the molecule is CCNC(=NCc1ccccc1-n1nc(C)cc1C)NCCCC(=O)NC1CC1.I. The first-order chi connectivity index (χ1) is 14.1. The normalized spacial score (nSPS) is 13.5. The first-order valence-electron chi connectivity index (χ1n) is 10.5. The van der Waals surface area contributed by atoms with Crippen LogP contribution < -0.4 is 16.0 Å². The van der Waals surface area contributed by atoms with E-state index in [1.807, 2.05) is 30.7 Å². The summed E-state index contributed by atoms with van der Waals surface area (Å²) in [6.45, 7) is 8.15. The number of guanidine groups is 1. The van der Waals surface area contributed by atoms with Gasteiger partial charge in [0.2, 0.25) is 5.91 Å².